The summed E-state index contributed by atoms with van der Waals surface area (Å²) in [4.78, 5) is 24.8. The Labute approximate surface area is 202 Å². The van der Waals surface area contributed by atoms with Crippen LogP contribution >= 0.6 is 0 Å². The minimum absolute atomic E-state index is 0.130. The maximum absolute atomic E-state index is 12.7. The Morgan fingerprint density at radius 2 is 1.59 bits per heavy atom. The van der Waals surface area contributed by atoms with E-state index in [1.807, 2.05) is 42.7 Å². The summed E-state index contributed by atoms with van der Waals surface area (Å²) in [6, 6.07) is 14.4. The lowest BCUT2D eigenvalue weighted by atomic mass is 9.88. The number of hydrogen-bond donors (Lipinski definition) is 0. The molecule has 1 saturated heterocycles. The van der Waals surface area contributed by atoms with Gasteiger partial charge in [0.2, 0.25) is 0 Å². The molecule has 0 aliphatic carbocycles. The van der Waals surface area contributed by atoms with Gasteiger partial charge in [0.15, 0.2) is 0 Å². The Bertz CT molecular complexity index is 1090. The fourth-order valence-electron chi connectivity index (χ4n) is 5.07. The molecule has 0 unspecified atom stereocenters. The van der Waals surface area contributed by atoms with Gasteiger partial charge >= 0.3 is 5.97 Å². The molecule has 6 heteroatoms. The fourth-order valence-corrected chi connectivity index (χ4v) is 5.07. The molecule has 0 bridgehead atoms. The SMILES string of the molecule is COCc1ccc(CN2[C@@H](c3ncccc3C)CCC[C@H]2c2ncccc2C)c(C(=O)OC)c1. The van der Waals surface area contributed by atoms with Crippen LogP contribution in [-0.2, 0) is 22.6 Å². The van der Waals surface area contributed by atoms with Crippen molar-refractivity contribution >= 4 is 5.97 Å². The molecule has 0 N–H and O–H groups in total. The van der Waals surface area contributed by atoms with Crippen molar-refractivity contribution in [2.24, 2.45) is 0 Å². The molecular weight excluding hydrogens is 426 g/mol. The first-order valence-corrected chi connectivity index (χ1v) is 11.8. The van der Waals surface area contributed by atoms with E-state index >= 15 is 0 Å². The number of nitrogens with zero attached hydrogens (tertiary/aromatic N) is 3. The number of likely N-dealkylation sites (tertiary alicyclic amines) is 1. The zero-order valence-corrected chi connectivity index (χ0v) is 20.5. The van der Waals surface area contributed by atoms with E-state index in [2.05, 4.69) is 30.9 Å². The first-order chi connectivity index (χ1) is 16.5. The van der Waals surface area contributed by atoms with E-state index in [4.69, 9.17) is 19.4 Å². The minimum atomic E-state index is -0.332. The van der Waals surface area contributed by atoms with Crippen molar-refractivity contribution in [3.8, 4) is 0 Å². The van der Waals surface area contributed by atoms with Gasteiger partial charge < -0.3 is 9.47 Å². The predicted molar refractivity (Wildman–Crippen MR) is 131 cm³/mol. The summed E-state index contributed by atoms with van der Waals surface area (Å²) in [7, 11) is 3.08. The summed E-state index contributed by atoms with van der Waals surface area (Å²) in [5, 5.41) is 0. The van der Waals surface area contributed by atoms with Gasteiger partial charge in [0.25, 0.3) is 0 Å². The van der Waals surface area contributed by atoms with Crippen molar-refractivity contribution in [1.82, 2.24) is 14.9 Å². The number of aryl methyl sites for hydroxylation is 2. The Hall–Kier alpha value is -3.09. The normalized spacial score (nSPS) is 18.6. The Kier molecular flexibility index (Phi) is 7.70. The number of rotatable bonds is 7. The number of ether oxygens (including phenoxy) is 2. The van der Waals surface area contributed by atoms with Crippen LogP contribution in [0.2, 0.25) is 0 Å². The highest BCUT2D eigenvalue weighted by molar-refractivity contribution is 5.91. The van der Waals surface area contributed by atoms with Gasteiger partial charge in [-0.05, 0) is 73.6 Å². The molecule has 0 saturated carbocycles. The van der Waals surface area contributed by atoms with E-state index in [0.29, 0.717) is 18.7 Å². The van der Waals surface area contributed by atoms with Crippen LogP contribution in [0.4, 0.5) is 0 Å². The first kappa shape index (κ1) is 24.0. The van der Waals surface area contributed by atoms with Gasteiger partial charge in [-0.1, -0.05) is 24.3 Å². The Balaban J connectivity index is 1.80. The van der Waals surface area contributed by atoms with Crippen molar-refractivity contribution in [3.63, 3.8) is 0 Å². The van der Waals surface area contributed by atoms with Gasteiger partial charge in [-0.15, -0.1) is 0 Å². The van der Waals surface area contributed by atoms with Gasteiger partial charge in [-0.25, -0.2) is 4.79 Å². The summed E-state index contributed by atoms with van der Waals surface area (Å²) in [6.07, 6.45) is 6.85. The molecule has 1 fully saturated rings. The number of methoxy groups -OCH3 is 2. The van der Waals surface area contributed by atoms with Crippen LogP contribution in [0.15, 0.2) is 54.9 Å². The lowest BCUT2D eigenvalue weighted by Crippen LogP contribution is -2.38. The summed E-state index contributed by atoms with van der Waals surface area (Å²) in [5.41, 5.74) is 7.01. The molecule has 6 nitrogen and oxygen atoms in total. The van der Waals surface area contributed by atoms with Crippen molar-refractivity contribution in [2.45, 2.75) is 58.3 Å². The highest BCUT2D eigenvalue weighted by atomic mass is 16.5. The zero-order chi connectivity index (χ0) is 24.1. The van der Waals surface area contributed by atoms with Crippen LogP contribution in [0, 0.1) is 13.8 Å². The van der Waals surface area contributed by atoms with Crippen LogP contribution < -0.4 is 0 Å². The van der Waals surface area contributed by atoms with Crippen LogP contribution in [0.25, 0.3) is 0 Å². The maximum Gasteiger partial charge on any atom is 0.338 e. The van der Waals surface area contributed by atoms with Crippen LogP contribution in [0.1, 0.15) is 75.3 Å². The zero-order valence-electron chi connectivity index (χ0n) is 20.5. The van der Waals surface area contributed by atoms with Gasteiger partial charge in [0.05, 0.1) is 42.8 Å². The topological polar surface area (TPSA) is 64.5 Å². The second-order valence-electron chi connectivity index (χ2n) is 8.96. The number of carbonyl (C=O) groups is 1. The van der Waals surface area contributed by atoms with Crippen molar-refractivity contribution < 1.29 is 14.3 Å². The molecule has 0 spiro atoms. The average molecular weight is 460 g/mol. The molecule has 3 heterocycles. The molecule has 1 aliphatic heterocycles. The van der Waals surface area contributed by atoms with E-state index in [1.165, 1.54) is 18.2 Å². The molecule has 1 aliphatic rings. The highest BCUT2D eigenvalue weighted by Crippen LogP contribution is 2.43. The summed E-state index contributed by atoms with van der Waals surface area (Å²) >= 11 is 0. The molecule has 34 heavy (non-hydrogen) atoms. The molecule has 178 valence electrons. The lowest BCUT2D eigenvalue weighted by Gasteiger charge is -2.42. The van der Waals surface area contributed by atoms with Crippen LogP contribution in [-0.4, -0.2) is 35.1 Å². The summed E-state index contributed by atoms with van der Waals surface area (Å²) in [6.45, 7) is 5.28. The van der Waals surface area contributed by atoms with Crippen molar-refractivity contribution in [1.29, 1.82) is 0 Å². The van der Waals surface area contributed by atoms with E-state index < -0.39 is 0 Å². The molecule has 1 aromatic carbocycles. The van der Waals surface area contributed by atoms with Crippen molar-refractivity contribution in [3.05, 3.63) is 94.1 Å². The van der Waals surface area contributed by atoms with E-state index in [1.54, 1.807) is 7.11 Å². The van der Waals surface area contributed by atoms with Crippen LogP contribution in [0.5, 0.6) is 0 Å². The standard InChI is InChI=1S/C28H33N3O3/c1-19-8-6-14-29-26(19)24-10-5-11-25(27-20(2)9-7-15-30-27)31(24)17-22-13-12-21(18-33-3)16-23(22)28(32)34-4/h6-9,12-16,24-25H,5,10-11,17-18H2,1-4H3/t24-,25+. The quantitative estimate of drug-likeness (QED) is 0.435. The number of piperidine rings is 1. The second-order valence-corrected chi connectivity index (χ2v) is 8.96. The van der Waals surface area contributed by atoms with Crippen LogP contribution in [0.3, 0.4) is 0 Å². The van der Waals surface area contributed by atoms with Gasteiger partial charge in [0.1, 0.15) is 0 Å². The predicted octanol–water partition coefficient (Wildman–Crippen LogP) is 5.49. The molecule has 3 aromatic rings. The number of pyridine rings is 2. The smallest absolute Gasteiger partial charge is 0.338 e. The van der Waals surface area contributed by atoms with Crippen molar-refractivity contribution in [2.75, 3.05) is 14.2 Å². The molecular formula is C28H33N3O3. The molecule has 0 amide bonds. The molecule has 0 radical (unpaired) electrons. The largest absolute Gasteiger partial charge is 0.465 e. The average Bonchev–Trinajstić information content (AvgIpc) is 2.85. The molecule has 4 rings (SSSR count). The molecule has 2 atom stereocenters. The number of esters is 1. The van der Waals surface area contributed by atoms with Gasteiger partial charge in [0, 0.05) is 26.0 Å². The first-order valence-electron chi connectivity index (χ1n) is 11.8. The lowest BCUT2D eigenvalue weighted by molar-refractivity contribution is 0.0574. The maximum atomic E-state index is 12.7. The number of aromatic nitrogens is 2. The molecule has 2 aromatic heterocycles. The Morgan fingerprint density at radius 1 is 0.971 bits per heavy atom. The summed E-state index contributed by atoms with van der Waals surface area (Å²) in [5.74, 6) is -0.332. The third-order valence-corrected chi connectivity index (χ3v) is 6.73. The van der Waals surface area contributed by atoms with Gasteiger partial charge in [-0.2, -0.15) is 0 Å². The number of benzene rings is 1. The van der Waals surface area contributed by atoms with E-state index in [-0.39, 0.29) is 18.1 Å². The fraction of sp³-hybridized carbons (Fsp3) is 0.393. The van der Waals surface area contributed by atoms with E-state index in [9.17, 15) is 4.79 Å². The minimum Gasteiger partial charge on any atom is -0.465 e. The third kappa shape index (κ3) is 5.03. The second kappa shape index (κ2) is 10.9. The monoisotopic (exact) mass is 459 g/mol. The number of carbonyl (C=O) groups excluding carboxylic acids is 1. The Morgan fingerprint density at radius 3 is 2.12 bits per heavy atom. The highest BCUT2D eigenvalue weighted by Gasteiger charge is 2.36. The van der Waals surface area contributed by atoms with E-state index in [0.717, 1.165) is 41.8 Å². The van der Waals surface area contributed by atoms with Gasteiger partial charge in [-0.3, -0.25) is 14.9 Å². The number of hydrogen-bond acceptors (Lipinski definition) is 6. The third-order valence-electron chi connectivity index (χ3n) is 6.73. The summed E-state index contributed by atoms with van der Waals surface area (Å²) < 4.78 is 10.4.